The summed E-state index contributed by atoms with van der Waals surface area (Å²) in [4.78, 5) is 11.5. The number of carbonyl (C=O) groups is 1. The maximum absolute atomic E-state index is 11.5. The maximum Gasteiger partial charge on any atom is 0.234 e. The monoisotopic (exact) mass is 210 g/mol. The molecule has 2 saturated carbocycles. The topological polar surface area (TPSA) is 41.1 Å². The van der Waals surface area contributed by atoms with Crippen molar-refractivity contribution in [2.75, 3.05) is 6.54 Å². The predicted octanol–water partition coefficient (Wildman–Crippen LogP) is 1.58. The van der Waals surface area contributed by atoms with Gasteiger partial charge in [-0.15, -0.1) is 0 Å². The zero-order valence-corrected chi connectivity index (χ0v) is 9.64. The van der Waals surface area contributed by atoms with Crippen molar-refractivity contribution in [3.63, 3.8) is 0 Å². The van der Waals surface area contributed by atoms with Gasteiger partial charge in [-0.3, -0.25) is 4.79 Å². The van der Waals surface area contributed by atoms with E-state index in [0.717, 1.165) is 0 Å². The molecule has 2 aliphatic rings. The smallest absolute Gasteiger partial charge is 0.234 e. The summed E-state index contributed by atoms with van der Waals surface area (Å²) in [5.41, 5.74) is 0.207. The highest BCUT2D eigenvalue weighted by Crippen LogP contribution is 2.27. The molecule has 0 saturated heterocycles. The molecule has 0 aromatic carbocycles. The first kappa shape index (κ1) is 10.9. The van der Waals surface area contributed by atoms with Gasteiger partial charge in [-0.05, 0) is 32.6 Å². The van der Waals surface area contributed by atoms with Gasteiger partial charge in [0.25, 0.3) is 0 Å². The third-order valence-corrected chi connectivity index (χ3v) is 3.58. The summed E-state index contributed by atoms with van der Waals surface area (Å²) in [6.45, 7) is 2.74. The van der Waals surface area contributed by atoms with E-state index in [1.54, 1.807) is 0 Å². The molecule has 0 atom stereocenters. The van der Waals surface area contributed by atoms with Gasteiger partial charge >= 0.3 is 0 Å². The summed E-state index contributed by atoms with van der Waals surface area (Å²) >= 11 is 0. The Bertz CT molecular complexity index is 230. The molecule has 0 unspecified atom stereocenters. The summed E-state index contributed by atoms with van der Waals surface area (Å²) in [5.74, 6) is 0.171. The van der Waals surface area contributed by atoms with Gasteiger partial charge in [-0.25, -0.2) is 0 Å². The highest BCUT2D eigenvalue weighted by molar-refractivity contribution is 5.78. The van der Waals surface area contributed by atoms with Crippen LogP contribution in [0.4, 0.5) is 0 Å². The lowest BCUT2D eigenvalue weighted by molar-refractivity contribution is -0.120. The Kier molecular flexibility index (Phi) is 3.29. The third kappa shape index (κ3) is 3.49. The minimum absolute atomic E-state index is 0.171. The molecule has 3 nitrogen and oxygen atoms in total. The number of hydrogen-bond acceptors (Lipinski definition) is 2. The second kappa shape index (κ2) is 4.52. The van der Waals surface area contributed by atoms with E-state index < -0.39 is 0 Å². The molecule has 3 heteroatoms. The molecule has 0 spiro atoms. The van der Waals surface area contributed by atoms with Crippen LogP contribution in [0.25, 0.3) is 0 Å². The molecule has 1 amide bonds. The summed E-state index contributed by atoms with van der Waals surface area (Å²) in [6, 6.07) is 0.485. The Labute approximate surface area is 92.0 Å². The second-order valence-electron chi connectivity index (χ2n) is 5.32. The molecule has 2 fully saturated rings. The van der Waals surface area contributed by atoms with Gasteiger partial charge < -0.3 is 10.6 Å². The van der Waals surface area contributed by atoms with Gasteiger partial charge in [-0.1, -0.05) is 19.3 Å². The van der Waals surface area contributed by atoms with Crippen molar-refractivity contribution in [3.8, 4) is 0 Å². The predicted molar refractivity (Wildman–Crippen MR) is 60.7 cm³/mol. The maximum atomic E-state index is 11.5. The number of carbonyl (C=O) groups excluding carboxylic acids is 1. The minimum Gasteiger partial charge on any atom is -0.352 e. The van der Waals surface area contributed by atoms with E-state index in [-0.39, 0.29) is 11.4 Å². The van der Waals surface area contributed by atoms with E-state index in [1.807, 2.05) is 0 Å². The van der Waals surface area contributed by atoms with Gasteiger partial charge in [0.1, 0.15) is 0 Å². The van der Waals surface area contributed by atoms with Crippen molar-refractivity contribution in [3.05, 3.63) is 0 Å². The Morgan fingerprint density at radius 2 is 1.93 bits per heavy atom. The molecule has 0 bridgehead atoms. The van der Waals surface area contributed by atoms with Crippen LogP contribution in [-0.4, -0.2) is 24.0 Å². The van der Waals surface area contributed by atoms with E-state index in [9.17, 15) is 4.79 Å². The quantitative estimate of drug-likeness (QED) is 0.739. The summed E-state index contributed by atoms with van der Waals surface area (Å²) in [6.07, 6.45) is 8.71. The highest BCUT2D eigenvalue weighted by atomic mass is 16.2. The molecule has 0 aliphatic heterocycles. The first-order valence-electron chi connectivity index (χ1n) is 6.22. The third-order valence-electron chi connectivity index (χ3n) is 3.58. The van der Waals surface area contributed by atoms with Crippen molar-refractivity contribution < 1.29 is 4.79 Å². The van der Waals surface area contributed by atoms with Crippen LogP contribution in [0, 0.1) is 0 Å². The minimum atomic E-state index is 0.171. The van der Waals surface area contributed by atoms with Crippen molar-refractivity contribution in [1.82, 2.24) is 10.6 Å². The van der Waals surface area contributed by atoms with E-state index in [4.69, 9.17) is 0 Å². The highest BCUT2D eigenvalue weighted by Gasteiger charge is 2.28. The van der Waals surface area contributed by atoms with Crippen LogP contribution >= 0.6 is 0 Å². The average molecular weight is 210 g/mol. The van der Waals surface area contributed by atoms with Gasteiger partial charge in [0.05, 0.1) is 6.54 Å². The molecular weight excluding hydrogens is 188 g/mol. The van der Waals surface area contributed by atoms with Crippen LogP contribution in [-0.2, 0) is 4.79 Å². The zero-order valence-electron chi connectivity index (χ0n) is 9.64. The summed E-state index contributed by atoms with van der Waals surface area (Å²) < 4.78 is 0. The van der Waals surface area contributed by atoms with Crippen molar-refractivity contribution in [1.29, 1.82) is 0 Å². The average Bonchev–Trinajstić information content (AvgIpc) is 3.00. The summed E-state index contributed by atoms with van der Waals surface area (Å²) in [7, 11) is 0. The molecule has 2 rings (SSSR count). The lowest BCUT2D eigenvalue weighted by Gasteiger charge is -2.34. The molecule has 0 radical (unpaired) electrons. The van der Waals surface area contributed by atoms with Crippen LogP contribution in [0.1, 0.15) is 51.9 Å². The number of rotatable bonds is 4. The first-order valence-corrected chi connectivity index (χ1v) is 6.22. The Morgan fingerprint density at radius 1 is 1.27 bits per heavy atom. The number of nitrogens with one attached hydrogen (secondary N) is 2. The lowest BCUT2D eigenvalue weighted by atomic mass is 9.83. The van der Waals surface area contributed by atoms with Gasteiger partial charge in [0, 0.05) is 11.6 Å². The molecule has 0 heterocycles. The second-order valence-corrected chi connectivity index (χ2v) is 5.32. The molecule has 0 aromatic rings. The molecule has 0 aromatic heterocycles. The van der Waals surface area contributed by atoms with E-state index >= 15 is 0 Å². The lowest BCUT2D eigenvalue weighted by Crippen LogP contribution is -2.48. The normalized spacial score (nSPS) is 24.9. The Balaban J connectivity index is 1.68. The number of amides is 1. The van der Waals surface area contributed by atoms with Crippen LogP contribution in [0.2, 0.25) is 0 Å². The molecule has 86 valence electrons. The standard InChI is InChI=1S/C12H22N2O/c1-12(7-3-2-4-8-12)13-9-11(15)14-10-5-6-10/h10,13H,2-9H2,1H3,(H,14,15). The number of hydrogen-bond donors (Lipinski definition) is 2. The first-order chi connectivity index (χ1) is 7.18. The molecule has 15 heavy (non-hydrogen) atoms. The van der Waals surface area contributed by atoms with Gasteiger partial charge in [0.15, 0.2) is 0 Å². The molecular formula is C12H22N2O. The van der Waals surface area contributed by atoms with Gasteiger partial charge in [-0.2, -0.15) is 0 Å². The fourth-order valence-corrected chi connectivity index (χ4v) is 2.31. The fourth-order valence-electron chi connectivity index (χ4n) is 2.31. The SMILES string of the molecule is CC1(NCC(=O)NC2CC2)CCCCC1. The van der Waals surface area contributed by atoms with Crippen LogP contribution in [0.15, 0.2) is 0 Å². The van der Waals surface area contributed by atoms with Gasteiger partial charge in [0.2, 0.25) is 5.91 Å². The van der Waals surface area contributed by atoms with E-state index in [0.29, 0.717) is 12.6 Å². The Morgan fingerprint density at radius 3 is 2.53 bits per heavy atom. The van der Waals surface area contributed by atoms with Crippen molar-refractivity contribution >= 4 is 5.91 Å². The van der Waals surface area contributed by atoms with E-state index in [2.05, 4.69) is 17.6 Å². The van der Waals surface area contributed by atoms with Crippen LogP contribution in [0.3, 0.4) is 0 Å². The van der Waals surface area contributed by atoms with Crippen molar-refractivity contribution in [2.24, 2.45) is 0 Å². The zero-order chi connectivity index (χ0) is 10.7. The van der Waals surface area contributed by atoms with E-state index in [1.165, 1.54) is 44.9 Å². The van der Waals surface area contributed by atoms with Crippen LogP contribution < -0.4 is 10.6 Å². The summed E-state index contributed by atoms with van der Waals surface area (Å²) in [5, 5.41) is 6.43. The Hall–Kier alpha value is -0.570. The largest absolute Gasteiger partial charge is 0.352 e. The van der Waals surface area contributed by atoms with Crippen LogP contribution in [0.5, 0.6) is 0 Å². The molecule has 2 N–H and O–H groups in total. The fraction of sp³-hybridized carbons (Fsp3) is 0.917. The van der Waals surface area contributed by atoms with Crippen molar-refractivity contribution in [2.45, 2.75) is 63.5 Å². The molecule has 2 aliphatic carbocycles.